The Bertz CT molecular complexity index is 1840. The first kappa shape index (κ1) is 29.7. The summed E-state index contributed by atoms with van der Waals surface area (Å²) in [6.07, 6.45) is 2.43. The lowest BCUT2D eigenvalue weighted by Gasteiger charge is -2.48. The molecule has 230 valence electrons. The highest BCUT2D eigenvalue weighted by atomic mass is 35.5. The Morgan fingerprint density at radius 3 is 2.02 bits per heavy atom. The van der Waals surface area contributed by atoms with Crippen LogP contribution in [0.25, 0.3) is 33.6 Å². The van der Waals surface area contributed by atoms with Crippen LogP contribution in [-0.2, 0) is 11.3 Å². The fourth-order valence-electron chi connectivity index (χ4n) is 6.82. The van der Waals surface area contributed by atoms with Gasteiger partial charge in [-0.3, -0.25) is 14.7 Å². The highest BCUT2D eigenvalue weighted by molar-refractivity contribution is 6.39. The molecular formula is C35H33Cl2N5O3. The number of benzene rings is 2. The van der Waals surface area contributed by atoms with Gasteiger partial charge in [-0.15, -0.1) is 0 Å². The number of aromatic nitrogens is 2. The molecule has 4 aromatic rings. The number of amidine groups is 1. The molecule has 0 atom stereocenters. The van der Waals surface area contributed by atoms with Gasteiger partial charge in [0.25, 0.3) is 0 Å². The molecule has 45 heavy (non-hydrogen) atoms. The number of halogens is 2. The Balaban J connectivity index is 1.16. The minimum Gasteiger partial charge on any atom is -0.481 e. The van der Waals surface area contributed by atoms with Crippen LogP contribution < -0.4 is 14.8 Å². The number of pyridine rings is 2. The molecule has 7 rings (SSSR count). The molecule has 2 aromatic heterocycles. The van der Waals surface area contributed by atoms with E-state index in [2.05, 4.69) is 21.3 Å². The standard InChI is InChI=1S/C35H33Cl2N5O3/c1-44-33-21(18-42-19-35(20-42)14-13-22(43)17-35)9-11-28(40-33)25-7-3-5-23(30(25)36)24-6-4-8-26(31(24)37)29-12-10-27(34(41-29)45-2)32-38-15-16-39-32/h3-12H,13-20H2,1-2H3,(H,38,39). The van der Waals surface area contributed by atoms with Crippen molar-refractivity contribution >= 4 is 34.8 Å². The number of hydrogen-bond acceptors (Lipinski definition) is 8. The van der Waals surface area contributed by atoms with E-state index in [1.807, 2.05) is 54.6 Å². The molecule has 1 N–H and O–H groups in total. The fourth-order valence-corrected chi connectivity index (χ4v) is 7.47. The Hall–Kier alpha value is -3.98. The van der Waals surface area contributed by atoms with Gasteiger partial charge < -0.3 is 14.8 Å². The summed E-state index contributed by atoms with van der Waals surface area (Å²) in [5, 5.41) is 4.35. The number of ether oxygens (including phenoxy) is 2. The van der Waals surface area contributed by atoms with Crippen LogP contribution in [-0.4, -0.2) is 66.9 Å². The maximum Gasteiger partial charge on any atom is 0.224 e. The molecule has 2 aromatic carbocycles. The zero-order valence-corrected chi connectivity index (χ0v) is 26.7. The van der Waals surface area contributed by atoms with E-state index >= 15 is 0 Å². The third-order valence-electron chi connectivity index (χ3n) is 8.97. The molecule has 4 heterocycles. The number of rotatable bonds is 8. The Labute approximate surface area is 272 Å². The predicted molar refractivity (Wildman–Crippen MR) is 177 cm³/mol. The van der Waals surface area contributed by atoms with Crippen LogP contribution in [0.5, 0.6) is 11.8 Å². The molecule has 1 aliphatic carbocycles. The van der Waals surface area contributed by atoms with E-state index in [0.29, 0.717) is 45.4 Å². The van der Waals surface area contributed by atoms with Gasteiger partial charge in [0.05, 0.1) is 47.8 Å². The lowest BCUT2D eigenvalue weighted by Crippen LogP contribution is -2.54. The highest BCUT2D eigenvalue weighted by Gasteiger charge is 2.47. The summed E-state index contributed by atoms with van der Waals surface area (Å²) in [5.74, 6) is 2.22. The molecular weight excluding hydrogens is 609 g/mol. The lowest BCUT2D eigenvalue weighted by molar-refractivity contribution is -0.119. The Morgan fingerprint density at radius 1 is 0.822 bits per heavy atom. The van der Waals surface area contributed by atoms with Gasteiger partial charge >= 0.3 is 0 Å². The summed E-state index contributed by atoms with van der Waals surface area (Å²) in [5.41, 5.74) is 6.51. The second-order valence-corrected chi connectivity index (χ2v) is 12.7. The Kier molecular flexibility index (Phi) is 7.98. The molecule has 0 amide bonds. The number of carbonyl (C=O) groups is 1. The molecule has 0 bridgehead atoms. The summed E-state index contributed by atoms with van der Waals surface area (Å²) in [4.78, 5) is 28.3. The SMILES string of the molecule is COc1nc(-c2cccc(-c3cccc(-c4ccc(C5=NCCN5)c(OC)n4)c3Cl)c2Cl)ccc1CN1CC2(CCC(=O)C2)C1. The number of methoxy groups -OCH3 is 2. The van der Waals surface area contributed by atoms with Crippen LogP contribution in [0, 0.1) is 5.41 Å². The largest absolute Gasteiger partial charge is 0.481 e. The van der Waals surface area contributed by atoms with Gasteiger partial charge in [-0.1, -0.05) is 65.7 Å². The van der Waals surface area contributed by atoms with Gasteiger partial charge in [0.15, 0.2) is 0 Å². The molecule has 1 spiro atoms. The summed E-state index contributed by atoms with van der Waals surface area (Å²) in [7, 11) is 3.24. The monoisotopic (exact) mass is 641 g/mol. The number of nitrogens with zero attached hydrogens (tertiary/aromatic N) is 4. The normalized spacial score (nSPS) is 17.2. The maximum atomic E-state index is 11.8. The van der Waals surface area contributed by atoms with Crippen molar-refractivity contribution in [2.75, 3.05) is 40.4 Å². The van der Waals surface area contributed by atoms with Crippen molar-refractivity contribution in [1.29, 1.82) is 0 Å². The predicted octanol–water partition coefficient (Wildman–Crippen LogP) is 6.71. The van der Waals surface area contributed by atoms with Crippen molar-refractivity contribution in [1.82, 2.24) is 20.2 Å². The van der Waals surface area contributed by atoms with E-state index in [9.17, 15) is 4.79 Å². The van der Waals surface area contributed by atoms with Gasteiger partial charge in [0.2, 0.25) is 11.8 Å². The summed E-state index contributed by atoms with van der Waals surface area (Å²) in [6.45, 7) is 4.13. The zero-order valence-electron chi connectivity index (χ0n) is 25.2. The highest BCUT2D eigenvalue weighted by Crippen LogP contribution is 2.45. The van der Waals surface area contributed by atoms with E-state index in [-0.39, 0.29) is 5.41 Å². The van der Waals surface area contributed by atoms with E-state index in [0.717, 1.165) is 84.8 Å². The second-order valence-electron chi connectivity index (χ2n) is 12.0. The first-order chi connectivity index (χ1) is 21.9. The van der Waals surface area contributed by atoms with Crippen LogP contribution in [0.2, 0.25) is 10.0 Å². The second kappa shape index (κ2) is 12.1. The number of hydrogen-bond donors (Lipinski definition) is 1. The molecule has 3 aliphatic rings. The van der Waals surface area contributed by atoms with Crippen molar-refractivity contribution < 1.29 is 14.3 Å². The first-order valence-corrected chi connectivity index (χ1v) is 15.8. The van der Waals surface area contributed by atoms with Crippen molar-refractivity contribution in [2.45, 2.75) is 25.8 Å². The summed E-state index contributed by atoms with van der Waals surface area (Å²) in [6, 6.07) is 19.6. The minimum absolute atomic E-state index is 0.179. The topological polar surface area (TPSA) is 88.9 Å². The van der Waals surface area contributed by atoms with E-state index in [1.165, 1.54) is 0 Å². The van der Waals surface area contributed by atoms with Crippen LogP contribution >= 0.6 is 23.2 Å². The summed E-state index contributed by atoms with van der Waals surface area (Å²) >= 11 is 14.2. The van der Waals surface area contributed by atoms with Gasteiger partial charge in [-0.05, 0) is 24.6 Å². The molecule has 1 saturated heterocycles. The summed E-state index contributed by atoms with van der Waals surface area (Å²) < 4.78 is 11.3. The molecule has 1 saturated carbocycles. The van der Waals surface area contributed by atoms with Crippen molar-refractivity contribution in [2.24, 2.45) is 10.4 Å². The van der Waals surface area contributed by atoms with E-state index in [4.69, 9.17) is 42.6 Å². The number of Topliss-reactive ketones (excluding diaryl/α,β-unsaturated/α-hetero) is 1. The van der Waals surface area contributed by atoms with E-state index < -0.39 is 0 Å². The number of ketones is 1. The average molecular weight is 643 g/mol. The lowest BCUT2D eigenvalue weighted by atomic mass is 9.78. The van der Waals surface area contributed by atoms with Crippen LogP contribution in [0.1, 0.15) is 30.4 Å². The van der Waals surface area contributed by atoms with Gasteiger partial charge in [-0.25, -0.2) is 9.97 Å². The van der Waals surface area contributed by atoms with Crippen molar-refractivity contribution in [3.05, 3.63) is 81.8 Å². The number of aliphatic imine (C=N–C) groups is 1. The zero-order chi connectivity index (χ0) is 31.1. The van der Waals surface area contributed by atoms with Gasteiger partial charge in [0, 0.05) is 72.3 Å². The molecule has 2 fully saturated rings. The fraction of sp³-hybridized carbons (Fsp3) is 0.314. The van der Waals surface area contributed by atoms with E-state index in [1.54, 1.807) is 14.2 Å². The molecule has 0 unspecified atom stereocenters. The van der Waals surface area contributed by atoms with Crippen LogP contribution in [0.15, 0.2) is 65.7 Å². The van der Waals surface area contributed by atoms with Gasteiger partial charge in [0.1, 0.15) is 11.6 Å². The number of likely N-dealkylation sites (tertiary alicyclic amines) is 1. The molecule has 2 aliphatic heterocycles. The molecule has 10 heteroatoms. The third-order valence-corrected chi connectivity index (χ3v) is 9.79. The van der Waals surface area contributed by atoms with Gasteiger partial charge in [-0.2, -0.15) is 0 Å². The third kappa shape index (κ3) is 5.56. The average Bonchev–Trinajstić information content (AvgIpc) is 3.72. The number of carbonyl (C=O) groups excluding carboxylic acids is 1. The maximum absolute atomic E-state index is 11.8. The van der Waals surface area contributed by atoms with Crippen LogP contribution in [0.3, 0.4) is 0 Å². The minimum atomic E-state index is 0.179. The van der Waals surface area contributed by atoms with Crippen molar-refractivity contribution in [3.8, 4) is 45.4 Å². The quantitative estimate of drug-likeness (QED) is 0.229. The Morgan fingerprint density at radius 2 is 1.44 bits per heavy atom. The first-order valence-electron chi connectivity index (χ1n) is 15.1. The smallest absolute Gasteiger partial charge is 0.224 e. The molecule has 0 radical (unpaired) electrons. The van der Waals surface area contributed by atoms with Crippen LogP contribution in [0.4, 0.5) is 0 Å². The molecule has 8 nitrogen and oxygen atoms in total. The number of nitrogens with one attached hydrogen (secondary N) is 1. The van der Waals surface area contributed by atoms with Crippen molar-refractivity contribution in [3.63, 3.8) is 0 Å².